The highest BCUT2D eigenvalue weighted by molar-refractivity contribution is 6.12. The van der Waals surface area contributed by atoms with Crippen molar-refractivity contribution >= 4 is 34.0 Å². The van der Waals surface area contributed by atoms with Gasteiger partial charge in [0.15, 0.2) is 17.2 Å². The third-order valence-electron chi connectivity index (χ3n) is 14.9. The number of aromatic nitrogens is 7. The minimum atomic E-state index is -2.85. The number of aliphatic hydroxyl groups excluding tert-OH is 2. The van der Waals surface area contributed by atoms with E-state index in [1.54, 1.807) is 33.9 Å². The maximum absolute atomic E-state index is 14.4. The molecule has 348 valence electrons. The Labute approximate surface area is 375 Å². The summed E-state index contributed by atoms with van der Waals surface area (Å²) >= 11 is 0. The number of aryl methyl sites for hydroxylation is 1. The molecule has 5 aromatic rings. The van der Waals surface area contributed by atoms with E-state index in [9.17, 15) is 23.8 Å². The molecule has 4 aromatic heterocycles. The lowest BCUT2D eigenvalue weighted by Gasteiger charge is -2.41. The number of amides is 1. The number of halogens is 2. The lowest BCUT2D eigenvalue weighted by molar-refractivity contribution is -0.100. The summed E-state index contributed by atoms with van der Waals surface area (Å²) in [6.45, 7) is 6.80. The third kappa shape index (κ3) is 8.48. The van der Waals surface area contributed by atoms with Crippen molar-refractivity contribution in [3.8, 4) is 5.75 Å². The zero-order valence-electron chi connectivity index (χ0n) is 36.7. The van der Waals surface area contributed by atoms with Crippen LogP contribution in [-0.4, -0.2) is 131 Å². The van der Waals surface area contributed by atoms with Crippen molar-refractivity contribution in [3.05, 3.63) is 59.8 Å². The summed E-state index contributed by atoms with van der Waals surface area (Å²) in [5.74, 6) is 1.71. The number of hydrogen-bond acceptors (Lipinski definition) is 13. The Balaban J connectivity index is 0.629. The van der Waals surface area contributed by atoms with Crippen molar-refractivity contribution in [1.29, 1.82) is 0 Å². The molecule has 5 atom stereocenters. The highest BCUT2D eigenvalue weighted by Crippen LogP contribution is 2.40. The van der Waals surface area contributed by atoms with Crippen molar-refractivity contribution in [2.75, 3.05) is 49.6 Å². The van der Waals surface area contributed by atoms with Gasteiger partial charge >= 0.3 is 0 Å². The molecule has 1 amide bonds. The summed E-state index contributed by atoms with van der Waals surface area (Å²) in [6.07, 6.45) is 10.7. The lowest BCUT2D eigenvalue weighted by Crippen LogP contribution is -2.48. The number of carbonyl (C=O) groups is 1. The number of piperidine rings is 2. The van der Waals surface area contributed by atoms with Gasteiger partial charge in [0.05, 0.1) is 71.9 Å². The Morgan fingerprint density at radius 1 is 0.969 bits per heavy atom. The molecule has 0 radical (unpaired) electrons. The van der Waals surface area contributed by atoms with E-state index in [4.69, 9.17) is 19.3 Å². The topological polar surface area (TPSA) is 182 Å². The van der Waals surface area contributed by atoms with Crippen LogP contribution in [0.1, 0.15) is 111 Å². The lowest BCUT2D eigenvalue weighted by atomic mass is 9.82. The van der Waals surface area contributed by atoms with Gasteiger partial charge < -0.3 is 39.5 Å². The molecule has 6 fully saturated rings. The molecule has 11 rings (SSSR count). The number of aliphatic hydroxyl groups is 2. The Morgan fingerprint density at radius 2 is 1.80 bits per heavy atom. The van der Waals surface area contributed by atoms with E-state index in [-0.39, 0.29) is 47.7 Å². The molecule has 4 saturated heterocycles. The van der Waals surface area contributed by atoms with Crippen LogP contribution in [-0.2, 0) is 9.47 Å². The Hall–Kier alpha value is -4.79. The van der Waals surface area contributed by atoms with Gasteiger partial charge in [0, 0.05) is 44.8 Å². The van der Waals surface area contributed by atoms with Gasteiger partial charge in [-0.1, -0.05) is 6.07 Å². The molecule has 19 heteroatoms. The molecule has 65 heavy (non-hydrogen) atoms. The first-order valence-corrected chi connectivity index (χ1v) is 23.6. The standard InChI is InChI=1S/C46H59F2N11O6/c1-26-39-35(59(52-26)36-10-11-38(60)51-45(36)61)4-2-5-37(39)64-24-28-18-32(19-28)65-31-12-16-55(17-13-31)21-27-6-8-29(9-7-27)58-23-34(41(53-58)42(47)48)50-46(62)40-43-49-14-3-15-57(43)54-44(40)56-22-33-20-30(56)25-63-33/h2-5,14-15,23,27-33,36,38,42,45,51,60-61H,6-13,16-22,24-25H2,1H3,(H,50,62)/t27?,28?,29?,30-,32?,33-,36+,38+,45+/m1/s1. The average Bonchev–Trinajstić information content (AvgIpc) is 4.14. The smallest absolute Gasteiger partial charge is 0.284 e. The Bertz CT molecular complexity index is 2490. The summed E-state index contributed by atoms with van der Waals surface area (Å²) in [5, 5.41) is 40.9. The molecule has 17 nitrogen and oxygen atoms in total. The quantitative estimate of drug-likeness (QED) is 0.118. The van der Waals surface area contributed by atoms with Crippen LogP contribution in [0.4, 0.5) is 20.3 Å². The molecule has 4 N–H and O–H groups in total. The molecule has 2 saturated carbocycles. The SMILES string of the molecule is Cc1nn([C@H]2CC[C@H](O)N[C@H]2O)c2cccc(OCC3CC(OC4CCN(CC5CCC(n6cc(NC(=O)c7c(N8C[C@H]9C[C@@H]8CO9)nn8cccnc78)c(C(F)F)n6)CC5)CC4)C3)c12. The first-order chi connectivity index (χ1) is 31.6. The van der Waals surface area contributed by atoms with Crippen molar-refractivity contribution in [1.82, 2.24) is 44.4 Å². The molecule has 4 aliphatic heterocycles. The van der Waals surface area contributed by atoms with E-state index < -0.39 is 30.5 Å². The predicted molar refractivity (Wildman–Crippen MR) is 235 cm³/mol. The van der Waals surface area contributed by atoms with Crippen LogP contribution >= 0.6 is 0 Å². The summed E-state index contributed by atoms with van der Waals surface area (Å²) in [6, 6.07) is 7.52. The number of likely N-dealkylation sites (tertiary alicyclic amines) is 1. The zero-order valence-corrected chi connectivity index (χ0v) is 36.7. The van der Waals surface area contributed by atoms with Gasteiger partial charge in [0.2, 0.25) is 0 Å². The molecule has 2 aliphatic carbocycles. The first-order valence-electron chi connectivity index (χ1n) is 23.6. The normalized spacial score (nSPS) is 29.9. The second-order valence-corrected chi connectivity index (χ2v) is 19.3. The fraction of sp³-hybridized carbons (Fsp3) is 0.630. The molecule has 0 spiro atoms. The van der Waals surface area contributed by atoms with Gasteiger partial charge in [0.25, 0.3) is 12.3 Å². The number of benzene rings is 1. The van der Waals surface area contributed by atoms with E-state index >= 15 is 0 Å². The van der Waals surface area contributed by atoms with E-state index in [2.05, 4.69) is 35.6 Å². The minimum absolute atomic E-state index is 0.0157. The number of nitrogens with one attached hydrogen (secondary N) is 2. The monoisotopic (exact) mass is 899 g/mol. The van der Waals surface area contributed by atoms with Gasteiger partial charge in [-0.3, -0.25) is 19.5 Å². The predicted octanol–water partition coefficient (Wildman–Crippen LogP) is 5.38. The van der Waals surface area contributed by atoms with Crippen LogP contribution in [0.15, 0.2) is 42.9 Å². The minimum Gasteiger partial charge on any atom is -0.493 e. The van der Waals surface area contributed by atoms with Crippen LogP contribution in [0.25, 0.3) is 16.6 Å². The van der Waals surface area contributed by atoms with E-state index in [1.165, 1.54) is 0 Å². The van der Waals surface area contributed by atoms with Gasteiger partial charge in [-0.05, 0) is 108 Å². The largest absolute Gasteiger partial charge is 0.493 e. The number of anilines is 2. The molecule has 8 heterocycles. The maximum atomic E-state index is 14.4. The second kappa shape index (κ2) is 17.8. The molecule has 6 aliphatic rings. The van der Waals surface area contributed by atoms with Crippen LogP contribution in [0.3, 0.4) is 0 Å². The zero-order chi connectivity index (χ0) is 44.3. The van der Waals surface area contributed by atoms with Crippen molar-refractivity contribution in [3.63, 3.8) is 0 Å². The second-order valence-electron chi connectivity index (χ2n) is 19.3. The van der Waals surface area contributed by atoms with Crippen molar-refractivity contribution < 1.29 is 38.0 Å². The number of alkyl halides is 2. The number of nitrogens with zero attached hydrogens (tertiary/aromatic N) is 9. The van der Waals surface area contributed by atoms with Gasteiger partial charge in [-0.25, -0.2) is 18.3 Å². The fourth-order valence-corrected chi connectivity index (χ4v) is 11.4. The first kappa shape index (κ1) is 42.8. The molecular formula is C46H59F2N11O6. The molecule has 2 bridgehead atoms. The summed E-state index contributed by atoms with van der Waals surface area (Å²) in [7, 11) is 0. The number of morpholine rings is 1. The maximum Gasteiger partial charge on any atom is 0.284 e. The number of fused-ring (bicyclic) bond motifs is 4. The highest BCUT2D eigenvalue weighted by Gasteiger charge is 2.43. The molecule has 1 aromatic carbocycles. The highest BCUT2D eigenvalue weighted by atomic mass is 19.3. The van der Waals surface area contributed by atoms with Crippen LogP contribution in [0.5, 0.6) is 5.75 Å². The van der Waals surface area contributed by atoms with Crippen LogP contribution in [0.2, 0.25) is 0 Å². The molecular weight excluding hydrogens is 841 g/mol. The van der Waals surface area contributed by atoms with Gasteiger partial charge in [-0.15, -0.1) is 5.10 Å². The van der Waals surface area contributed by atoms with Gasteiger partial charge in [-0.2, -0.15) is 10.2 Å². The number of carbonyl (C=O) groups excluding carboxylic acids is 1. The van der Waals surface area contributed by atoms with Crippen LogP contribution < -0.4 is 20.3 Å². The number of hydrogen-bond donors (Lipinski definition) is 4. The summed E-state index contributed by atoms with van der Waals surface area (Å²) in [5.41, 5.74) is 1.98. The van der Waals surface area contributed by atoms with E-state index in [1.807, 2.05) is 29.8 Å². The number of ether oxygens (including phenoxy) is 3. The fourth-order valence-electron chi connectivity index (χ4n) is 11.4. The Kier molecular flexibility index (Phi) is 11.7. The average molecular weight is 900 g/mol. The Morgan fingerprint density at radius 3 is 2.55 bits per heavy atom. The summed E-state index contributed by atoms with van der Waals surface area (Å²) in [4.78, 5) is 23.0. The molecule has 0 unspecified atom stereocenters. The number of rotatable bonds is 13. The van der Waals surface area contributed by atoms with Crippen molar-refractivity contribution in [2.45, 2.75) is 133 Å². The van der Waals surface area contributed by atoms with E-state index in [0.29, 0.717) is 55.9 Å². The van der Waals surface area contributed by atoms with Gasteiger partial charge in [0.1, 0.15) is 23.8 Å². The van der Waals surface area contributed by atoms with Crippen LogP contribution in [0, 0.1) is 18.8 Å². The third-order valence-corrected chi connectivity index (χ3v) is 14.9. The van der Waals surface area contributed by atoms with E-state index in [0.717, 1.165) is 99.8 Å². The van der Waals surface area contributed by atoms with Crippen molar-refractivity contribution in [2.24, 2.45) is 11.8 Å². The summed E-state index contributed by atoms with van der Waals surface area (Å²) < 4.78 is 52.7.